The van der Waals surface area contributed by atoms with E-state index in [1.54, 1.807) is 12.2 Å². The Morgan fingerprint density at radius 1 is 1.00 bits per heavy atom. The van der Waals surface area contributed by atoms with Crippen molar-refractivity contribution in [3.63, 3.8) is 0 Å². The van der Waals surface area contributed by atoms with Gasteiger partial charge in [-0.3, -0.25) is 0 Å². The molecule has 3 aliphatic rings. The highest BCUT2D eigenvalue weighted by Crippen LogP contribution is 2.46. The Balaban J connectivity index is 2.07. The topological polar surface area (TPSA) is 89.5 Å². The molecular formula is C18H20O8. The summed E-state index contributed by atoms with van der Waals surface area (Å²) in [7, 11) is 5.60. The highest BCUT2D eigenvalue weighted by Gasteiger charge is 2.54. The van der Waals surface area contributed by atoms with Gasteiger partial charge in [-0.15, -0.1) is 0 Å². The predicted molar refractivity (Wildman–Crippen MR) is 87.0 cm³/mol. The van der Waals surface area contributed by atoms with Crippen molar-refractivity contribution >= 4 is 11.9 Å². The van der Waals surface area contributed by atoms with Crippen LogP contribution in [0.4, 0.5) is 0 Å². The summed E-state index contributed by atoms with van der Waals surface area (Å²) >= 11 is 0. The first kappa shape index (κ1) is 17.9. The summed E-state index contributed by atoms with van der Waals surface area (Å²) in [6.07, 6.45) is 6.76. The van der Waals surface area contributed by atoms with Gasteiger partial charge in [-0.05, 0) is 25.0 Å². The summed E-state index contributed by atoms with van der Waals surface area (Å²) in [5.74, 6) is -0.908. The third-order valence-corrected chi connectivity index (χ3v) is 4.56. The number of carbonyl (C=O) groups is 2. The van der Waals surface area contributed by atoms with Crippen molar-refractivity contribution in [3.8, 4) is 0 Å². The Morgan fingerprint density at radius 3 is 2.31 bits per heavy atom. The molecule has 0 fully saturated rings. The third-order valence-electron chi connectivity index (χ3n) is 4.56. The van der Waals surface area contributed by atoms with E-state index in [9.17, 15) is 9.59 Å². The number of cyclic esters (lactones) is 1. The van der Waals surface area contributed by atoms with Crippen LogP contribution in [0.15, 0.2) is 47.0 Å². The number of esters is 2. The lowest BCUT2D eigenvalue weighted by molar-refractivity contribution is -0.150. The zero-order valence-electron chi connectivity index (χ0n) is 15.0. The molecule has 0 N–H and O–H groups in total. The lowest BCUT2D eigenvalue weighted by Crippen LogP contribution is -2.40. The Hall–Kier alpha value is -2.90. The van der Waals surface area contributed by atoms with Gasteiger partial charge in [-0.1, -0.05) is 6.08 Å². The van der Waals surface area contributed by atoms with Crippen LogP contribution < -0.4 is 0 Å². The number of hydrogen-bond donors (Lipinski definition) is 0. The second-order valence-corrected chi connectivity index (χ2v) is 5.82. The van der Waals surface area contributed by atoms with Crippen molar-refractivity contribution in [1.82, 2.24) is 0 Å². The van der Waals surface area contributed by atoms with Crippen LogP contribution in [0.2, 0.25) is 0 Å². The molecular weight excluding hydrogens is 344 g/mol. The molecule has 1 aliphatic carbocycles. The molecule has 0 amide bonds. The Bertz CT molecular complexity index is 757. The molecule has 8 nitrogen and oxygen atoms in total. The van der Waals surface area contributed by atoms with Crippen molar-refractivity contribution in [1.29, 1.82) is 0 Å². The molecule has 3 rings (SSSR count). The minimum absolute atomic E-state index is 0.0114. The lowest BCUT2D eigenvalue weighted by Gasteiger charge is -2.35. The number of methoxy groups -OCH3 is 4. The van der Waals surface area contributed by atoms with Crippen LogP contribution in [0.3, 0.4) is 0 Å². The number of rotatable bonds is 5. The molecule has 2 atom stereocenters. The fourth-order valence-electron chi connectivity index (χ4n) is 3.44. The van der Waals surface area contributed by atoms with Crippen molar-refractivity contribution in [2.24, 2.45) is 5.92 Å². The summed E-state index contributed by atoms with van der Waals surface area (Å²) in [6.45, 7) is 0. The summed E-state index contributed by atoms with van der Waals surface area (Å²) in [5, 5.41) is 0. The average molecular weight is 364 g/mol. The number of carbonyl (C=O) groups excluding carboxylic acids is 2. The largest absolute Gasteiger partial charge is 0.493 e. The minimum atomic E-state index is -1.16. The van der Waals surface area contributed by atoms with Crippen LogP contribution in [-0.4, -0.2) is 46.0 Å². The molecule has 0 saturated heterocycles. The first-order valence-corrected chi connectivity index (χ1v) is 8.02. The summed E-state index contributed by atoms with van der Waals surface area (Å²) in [6, 6.07) is 0. The van der Waals surface area contributed by atoms with Crippen molar-refractivity contribution in [2.75, 3.05) is 28.4 Å². The van der Waals surface area contributed by atoms with Gasteiger partial charge in [0.25, 0.3) is 5.76 Å². The van der Waals surface area contributed by atoms with Crippen LogP contribution in [0.1, 0.15) is 12.8 Å². The molecule has 0 aromatic carbocycles. The van der Waals surface area contributed by atoms with E-state index in [2.05, 4.69) is 0 Å². The maximum Gasteiger partial charge on any atom is 0.383 e. The Labute approximate surface area is 150 Å². The van der Waals surface area contributed by atoms with E-state index in [0.29, 0.717) is 6.42 Å². The summed E-state index contributed by atoms with van der Waals surface area (Å²) in [4.78, 5) is 24.2. The van der Waals surface area contributed by atoms with Gasteiger partial charge < -0.3 is 28.4 Å². The molecule has 0 aromatic rings. The monoisotopic (exact) mass is 364 g/mol. The summed E-state index contributed by atoms with van der Waals surface area (Å²) in [5.41, 5.74) is -1.16. The van der Waals surface area contributed by atoms with Crippen molar-refractivity contribution < 1.29 is 38.0 Å². The van der Waals surface area contributed by atoms with Gasteiger partial charge in [-0.25, -0.2) is 9.59 Å². The molecule has 140 valence electrons. The van der Waals surface area contributed by atoms with Gasteiger partial charge in [-0.2, -0.15) is 0 Å². The average Bonchev–Trinajstić information content (AvgIpc) is 3.09. The Morgan fingerprint density at radius 2 is 1.69 bits per heavy atom. The van der Waals surface area contributed by atoms with Crippen LogP contribution in [0, 0.1) is 5.92 Å². The zero-order chi connectivity index (χ0) is 18.9. The van der Waals surface area contributed by atoms with Gasteiger partial charge in [0.1, 0.15) is 0 Å². The van der Waals surface area contributed by atoms with E-state index >= 15 is 0 Å². The van der Waals surface area contributed by atoms with Crippen LogP contribution in [0.5, 0.6) is 0 Å². The number of allylic oxidation sites excluding steroid dienone is 1. The molecule has 2 aliphatic heterocycles. The molecule has 0 unspecified atom stereocenters. The highest BCUT2D eigenvalue weighted by molar-refractivity contribution is 5.92. The van der Waals surface area contributed by atoms with E-state index in [4.69, 9.17) is 28.4 Å². The molecule has 0 radical (unpaired) electrons. The third kappa shape index (κ3) is 2.53. The summed E-state index contributed by atoms with van der Waals surface area (Å²) < 4.78 is 31.8. The lowest BCUT2D eigenvalue weighted by atomic mass is 9.78. The SMILES string of the molecule is COC1=C(OC)/C(=C/[C@@H]2CCC=C[C@]23OC(=O)C(OC)=C3OC)OC1=O. The van der Waals surface area contributed by atoms with Gasteiger partial charge in [0.05, 0.1) is 28.4 Å². The van der Waals surface area contributed by atoms with E-state index in [1.807, 2.05) is 6.08 Å². The first-order valence-electron chi connectivity index (χ1n) is 8.02. The van der Waals surface area contributed by atoms with Gasteiger partial charge >= 0.3 is 11.9 Å². The predicted octanol–water partition coefficient (Wildman–Crippen LogP) is 1.70. The molecule has 8 heteroatoms. The Kier molecular flexibility index (Phi) is 4.67. The normalized spacial score (nSPS) is 29.4. The minimum Gasteiger partial charge on any atom is -0.493 e. The van der Waals surface area contributed by atoms with Crippen molar-refractivity contribution in [3.05, 3.63) is 47.0 Å². The molecule has 26 heavy (non-hydrogen) atoms. The van der Waals surface area contributed by atoms with Gasteiger partial charge in [0.15, 0.2) is 17.1 Å². The number of ether oxygens (including phenoxy) is 6. The maximum atomic E-state index is 12.2. The van der Waals surface area contributed by atoms with E-state index in [-0.39, 0.29) is 34.7 Å². The number of hydrogen-bond acceptors (Lipinski definition) is 8. The standard InChI is InChI=1S/C18H20O8/c1-21-12-11(25-16(19)13(12)22-2)9-10-7-5-6-8-18(10)15(24-4)14(23-3)17(20)26-18/h6,8-10H,5,7H2,1-4H3/b11-9-/t10-,18-/m0/s1. The van der Waals surface area contributed by atoms with Gasteiger partial charge in [0, 0.05) is 5.92 Å². The zero-order valence-corrected chi connectivity index (χ0v) is 15.0. The molecule has 1 spiro atoms. The second-order valence-electron chi connectivity index (χ2n) is 5.82. The van der Waals surface area contributed by atoms with Crippen LogP contribution in [-0.2, 0) is 38.0 Å². The maximum absolute atomic E-state index is 12.2. The highest BCUT2D eigenvalue weighted by atomic mass is 16.6. The van der Waals surface area contributed by atoms with E-state index < -0.39 is 17.5 Å². The fourth-order valence-corrected chi connectivity index (χ4v) is 3.44. The molecule has 0 bridgehead atoms. The fraction of sp³-hybridized carbons (Fsp3) is 0.444. The van der Waals surface area contributed by atoms with Gasteiger partial charge in [0.2, 0.25) is 11.5 Å². The molecule has 2 heterocycles. The molecule has 0 aromatic heterocycles. The smallest absolute Gasteiger partial charge is 0.383 e. The first-order chi connectivity index (χ1) is 12.5. The van der Waals surface area contributed by atoms with Crippen LogP contribution >= 0.6 is 0 Å². The quantitative estimate of drug-likeness (QED) is 0.538. The van der Waals surface area contributed by atoms with E-state index in [0.717, 1.165) is 6.42 Å². The van der Waals surface area contributed by atoms with E-state index in [1.165, 1.54) is 28.4 Å². The molecule has 0 saturated carbocycles. The van der Waals surface area contributed by atoms with Crippen molar-refractivity contribution in [2.45, 2.75) is 18.4 Å². The second kappa shape index (κ2) is 6.78. The van der Waals surface area contributed by atoms with Crippen LogP contribution in [0.25, 0.3) is 0 Å².